The van der Waals surface area contributed by atoms with E-state index in [-0.39, 0.29) is 36.5 Å². The predicted octanol–water partition coefficient (Wildman–Crippen LogP) is 2.52. The number of nitrogens with two attached hydrogens (primary N) is 1. The molecule has 1 saturated heterocycles. The highest BCUT2D eigenvalue weighted by atomic mass is 35.5. The Labute approximate surface area is 157 Å². The van der Waals surface area contributed by atoms with Crippen LogP contribution in [0.3, 0.4) is 0 Å². The Hall–Kier alpha value is -1.73. The summed E-state index contributed by atoms with van der Waals surface area (Å²) in [6.07, 6.45) is 3.67. The number of nitrogens with one attached hydrogen (secondary N) is 1. The van der Waals surface area contributed by atoms with Crippen LogP contribution in [0.1, 0.15) is 39.0 Å². The molecule has 2 amide bonds. The van der Waals surface area contributed by atoms with Gasteiger partial charge in [0.15, 0.2) is 0 Å². The first-order valence-corrected chi connectivity index (χ1v) is 8.66. The smallest absolute Gasteiger partial charge is 0.249 e. The van der Waals surface area contributed by atoms with Gasteiger partial charge >= 0.3 is 0 Å². The third-order valence-corrected chi connectivity index (χ3v) is 5.30. The van der Waals surface area contributed by atoms with Gasteiger partial charge < -0.3 is 16.0 Å². The number of carbonyl (C=O) groups is 2. The van der Waals surface area contributed by atoms with Gasteiger partial charge in [-0.05, 0) is 38.3 Å². The van der Waals surface area contributed by atoms with E-state index in [2.05, 4.69) is 5.32 Å². The van der Waals surface area contributed by atoms with Crippen molar-refractivity contribution in [2.45, 2.75) is 50.6 Å². The second-order valence-electron chi connectivity index (χ2n) is 7.21. The minimum Gasteiger partial charge on any atom is -0.344 e. The Morgan fingerprint density at radius 3 is 2.54 bits per heavy atom. The fourth-order valence-electron chi connectivity index (χ4n) is 3.84. The standard InChI is InChI=1S/C18H23F2N3O2.ClH/c1-18(21)9-3-2-5-11(18)16(24)22-14-8-10-23(17(14)25)15-12(19)6-4-7-13(15)20;/h4,6-7,11,14H,2-3,5,8-10,21H2,1H3,(H,22,24);1H. The fourth-order valence-corrected chi connectivity index (χ4v) is 3.84. The largest absolute Gasteiger partial charge is 0.344 e. The summed E-state index contributed by atoms with van der Waals surface area (Å²) in [6, 6.07) is 2.70. The average molecular weight is 388 g/mol. The maximum Gasteiger partial charge on any atom is 0.249 e. The maximum atomic E-state index is 13.9. The van der Waals surface area contributed by atoms with Crippen LogP contribution in [-0.4, -0.2) is 29.9 Å². The van der Waals surface area contributed by atoms with Gasteiger partial charge in [0.2, 0.25) is 11.8 Å². The topological polar surface area (TPSA) is 75.4 Å². The summed E-state index contributed by atoms with van der Waals surface area (Å²) < 4.78 is 27.8. The summed E-state index contributed by atoms with van der Waals surface area (Å²) in [7, 11) is 0. The molecule has 0 aromatic heterocycles. The Morgan fingerprint density at radius 1 is 1.27 bits per heavy atom. The van der Waals surface area contributed by atoms with E-state index in [4.69, 9.17) is 5.73 Å². The first-order valence-electron chi connectivity index (χ1n) is 8.66. The van der Waals surface area contributed by atoms with Crippen LogP contribution in [0.4, 0.5) is 14.5 Å². The lowest BCUT2D eigenvalue weighted by molar-refractivity contribution is -0.131. The highest BCUT2D eigenvalue weighted by Gasteiger charge is 2.41. The Balaban J connectivity index is 0.00000243. The van der Waals surface area contributed by atoms with Gasteiger partial charge in [-0.1, -0.05) is 18.9 Å². The van der Waals surface area contributed by atoms with Crippen LogP contribution in [0.25, 0.3) is 0 Å². The molecule has 0 radical (unpaired) electrons. The molecule has 1 saturated carbocycles. The van der Waals surface area contributed by atoms with E-state index in [0.717, 1.165) is 36.3 Å². The molecule has 3 rings (SSSR count). The van der Waals surface area contributed by atoms with Gasteiger partial charge in [-0.2, -0.15) is 0 Å². The second kappa shape index (κ2) is 7.88. The van der Waals surface area contributed by atoms with E-state index in [1.165, 1.54) is 6.07 Å². The molecule has 144 valence electrons. The van der Waals surface area contributed by atoms with Gasteiger partial charge in [0, 0.05) is 12.1 Å². The van der Waals surface area contributed by atoms with Gasteiger partial charge in [-0.25, -0.2) is 8.78 Å². The molecule has 3 atom stereocenters. The first kappa shape index (κ1) is 20.6. The summed E-state index contributed by atoms with van der Waals surface area (Å²) in [5.74, 6) is -2.68. The molecule has 1 heterocycles. The molecule has 0 bridgehead atoms. The number of nitrogens with zero attached hydrogens (tertiary/aromatic N) is 1. The zero-order chi connectivity index (χ0) is 18.2. The molecule has 3 unspecified atom stereocenters. The number of carbonyl (C=O) groups excluding carboxylic acids is 2. The van der Waals surface area contributed by atoms with E-state index >= 15 is 0 Å². The van der Waals surface area contributed by atoms with Crippen molar-refractivity contribution in [1.29, 1.82) is 0 Å². The molecule has 1 aliphatic carbocycles. The predicted molar refractivity (Wildman–Crippen MR) is 97.1 cm³/mol. The molecule has 1 aliphatic heterocycles. The molecule has 1 aromatic rings. The van der Waals surface area contributed by atoms with Crippen LogP contribution >= 0.6 is 12.4 Å². The van der Waals surface area contributed by atoms with Crippen molar-refractivity contribution < 1.29 is 18.4 Å². The Morgan fingerprint density at radius 2 is 1.92 bits per heavy atom. The van der Waals surface area contributed by atoms with Gasteiger partial charge in [-0.3, -0.25) is 9.59 Å². The summed E-state index contributed by atoms with van der Waals surface area (Å²) in [5, 5.41) is 2.74. The average Bonchev–Trinajstić information content (AvgIpc) is 2.88. The van der Waals surface area contributed by atoms with E-state index < -0.39 is 29.1 Å². The lowest BCUT2D eigenvalue weighted by Gasteiger charge is -2.37. The lowest BCUT2D eigenvalue weighted by atomic mass is 9.74. The molecule has 3 N–H and O–H groups in total. The number of hydrogen-bond donors (Lipinski definition) is 2. The number of anilines is 1. The van der Waals surface area contributed by atoms with Gasteiger partial charge in [-0.15, -0.1) is 12.4 Å². The van der Waals surface area contributed by atoms with Crippen molar-refractivity contribution >= 4 is 29.9 Å². The van der Waals surface area contributed by atoms with Crippen LogP contribution in [-0.2, 0) is 9.59 Å². The lowest BCUT2D eigenvalue weighted by Crippen LogP contribution is -2.55. The van der Waals surface area contributed by atoms with Gasteiger partial charge in [0.1, 0.15) is 23.4 Å². The second-order valence-corrected chi connectivity index (χ2v) is 7.21. The van der Waals surface area contributed by atoms with Crippen molar-refractivity contribution in [3.63, 3.8) is 0 Å². The van der Waals surface area contributed by atoms with E-state index in [1.54, 1.807) is 0 Å². The van der Waals surface area contributed by atoms with Crippen LogP contribution < -0.4 is 16.0 Å². The molecule has 26 heavy (non-hydrogen) atoms. The summed E-state index contributed by atoms with van der Waals surface area (Å²) in [4.78, 5) is 26.2. The highest BCUT2D eigenvalue weighted by Crippen LogP contribution is 2.32. The Kier molecular flexibility index (Phi) is 6.24. The summed E-state index contributed by atoms with van der Waals surface area (Å²) in [6.45, 7) is 2.01. The van der Waals surface area contributed by atoms with Crippen LogP contribution in [0.5, 0.6) is 0 Å². The van der Waals surface area contributed by atoms with Crippen LogP contribution in [0, 0.1) is 17.6 Å². The number of halogens is 3. The van der Waals surface area contributed by atoms with Gasteiger partial charge in [0.05, 0.1) is 5.92 Å². The minimum absolute atomic E-state index is 0. The number of benzene rings is 1. The monoisotopic (exact) mass is 387 g/mol. The van der Waals surface area contributed by atoms with Crippen LogP contribution in [0.15, 0.2) is 18.2 Å². The number of rotatable bonds is 3. The fraction of sp³-hybridized carbons (Fsp3) is 0.556. The van der Waals surface area contributed by atoms with E-state index in [1.807, 2.05) is 6.92 Å². The first-order chi connectivity index (χ1) is 11.8. The zero-order valence-corrected chi connectivity index (χ0v) is 15.5. The highest BCUT2D eigenvalue weighted by molar-refractivity contribution is 6.01. The molecular weight excluding hydrogens is 364 g/mol. The third kappa shape index (κ3) is 3.83. The number of hydrogen-bond acceptors (Lipinski definition) is 3. The Bertz CT molecular complexity index is 679. The summed E-state index contributed by atoms with van der Waals surface area (Å²) in [5.41, 5.74) is 5.28. The number of para-hydroxylation sites is 1. The van der Waals surface area contributed by atoms with E-state index in [0.29, 0.717) is 12.8 Å². The van der Waals surface area contributed by atoms with Crippen molar-refractivity contribution in [3.8, 4) is 0 Å². The molecule has 1 aromatic carbocycles. The molecule has 8 heteroatoms. The molecule has 5 nitrogen and oxygen atoms in total. The minimum atomic E-state index is -0.790. The van der Waals surface area contributed by atoms with E-state index in [9.17, 15) is 18.4 Å². The van der Waals surface area contributed by atoms with Crippen molar-refractivity contribution in [2.75, 3.05) is 11.4 Å². The third-order valence-electron chi connectivity index (χ3n) is 5.30. The van der Waals surface area contributed by atoms with Crippen molar-refractivity contribution in [3.05, 3.63) is 29.8 Å². The quantitative estimate of drug-likeness (QED) is 0.836. The molecular formula is C18H24ClF2N3O2. The molecule has 2 aliphatic rings. The molecule has 0 spiro atoms. The normalized spacial score (nSPS) is 28.6. The van der Waals surface area contributed by atoms with Gasteiger partial charge in [0.25, 0.3) is 0 Å². The summed E-state index contributed by atoms with van der Waals surface area (Å²) >= 11 is 0. The van der Waals surface area contributed by atoms with Crippen LogP contribution in [0.2, 0.25) is 0 Å². The maximum absolute atomic E-state index is 13.9. The molecule has 2 fully saturated rings. The van der Waals surface area contributed by atoms with Crippen molar-refractivity contribution in [2.24, 2.45) is 11.7 Å². The zero-order valence-electron chi connectivity index (χ0n) is 14.6. The SMILES string of the molecule is CC1(N)CCCCC1C(=O)NC1CCN(c2c(F)cccc2F)C1=O.Cl. The van der Waals surface area contributed by atoms with Crippen molar-refractivity contribution in [1.82, 2.24) is 5.32 Å². The number of amides is 2.